The average molecular weight is 309 g/mol. The molecule has 2 aromatic heterocycles. The molecule has 1 aliphatic carbocycles. The molecule has 0 radical (unpaired) electrons. The van der Waals surface area contributed by atoms with Gasteiger partial charge in [-0.05, 0) is 25.0 Å². The van der Waals surface area contributed by atoms with Crippen molar-refractivity contribution in [1.82, 2.24) is 24.9 Å². The van der Waals surface area contributed by atoms with E-state index in [4.69, 9.17) is 0 Å². The van der Waals surface area contributed by atoms with Gasteiger partial charge in [0.2, 0.25) is 5.91 Å². The lowest BCUT2D eigenvalue weighted by Gasteiger charge is -2.08. The van der Waals surface area contributed by atoms with E-state index in [1.807, 2.05) is 0 Å². The Kier molecular flexibility index (Phi) is 3.91. The van der Waals surface area contributed by atoms with Crippen LogP contribution in [0.3, 0.4) is 0 Å². The molecule has 0 atom stereocenters. The second-order valence-electron chi connectivity index (χ2n) is 5.45. The number of rotatable bonds is 6. The number of nitrogens with zero attached hydrogens (tertiary/aromatic N) is 4. The third-order valence-electron chi connectivity index (χ3n) is 3.73. The molecule has 0 aliphatic heterocycles. The number of aryl methyl sites for hydroxylation is 1. The number of nitrogens with one attached hydrogen (secondary N) is 1. The van der Waals surface area contributed by atoms with Gasteiger partial charge in [-0.2, -0.15) is 10.2 Å². The molecule has 0 saturated heterocycles. The molecule has 1 fully saturated rings. The number of aromatic nitrogens is 4. The van der Waals surface area contributed by atoms with Gasteiger partial charge in [-0.3, -0.25) is 14.2 Å². The van der Waals surface area contributed by atoms with Gasteiger partial charge in [-0.25, -0.2) is 8.78 Å². The Balaban J connectivity index is 1.64. The van der Waals surface area contributed by atoms with E-state index in [1.54, 1.807) is 24.0 Å². The van der Waals surface area contributed by atoms with Crippen molar-refractivity contribution in [3.05, 3.63) is 35.4 Å². The van der Waals surface area contributed by atoms with Crippen LogP contribution in [-0.2, 0) is 24.9 Å². The molecule has 1 aliphatic rings. The fourth-order valence-electron chi connectivity index (χ4n) is 2.29. The molecule has 0 aromatic carbocycles. The van der Waals surface area contributed by atoms with Crippen molar-refractivity contribution < 1.29 is 13.6 Å². The lowest BCUT2D eigenvalue weighted by atomic mass is 10.3. The Hall–Kier alpha value is -2.25. The standard InChI is InChI=1S/C14H17F2N5O/c1-20-10(4-5-18-20)7-17-13(22)8-21-12(14(15)16)6-11(19-21)9-2-3-9/h4-6,9,14H,2-3,7-8H2,1H3,(H,17,22). The molecule has 3 rings (SSSR count). The zero-order valence-electron chi connectivity index (χ0n) is 12.2. The molecule has 0 spiro atoms. The molecule has 1 N–H and O–H groups in total. The maximum Gasteiger partial charge on any atom is 0.280 e. The predicted molar refractivity (Wildman–Crippen MR) is 74.2 cm³/mol. The fourth-order valence-corrected chi connectivity index (χ4v) is 2.29. The Bertz CT molecular complexity index is 675. The smallest absolute Gasteiger partial charge is 0.280 e. The minimum atomic E-state index is -2.63. The summed E-state index contributed by atoms with van der Waals surface area (Å²) in [6.07, 6.45) is 0.953. The van der Waals surface area contributed by atoms with Crippen molar-refractivity contribution in [1.29, 1.82) is 0 Å². The molecule has 0 unspecified atom stereocenters. The minimum absolute atomic E-state index is 0.197. The lowest BCUT2D eigenvalue weighted by molar-refractivity contribution is -0.122. The highest BCUT2D eigenvalue weighted by atomic mass is 19.3. The number of amides is 1. The number of halogens is 2. The van der Waals surface area contributed by atoms with E-state index < -0.39 is 6.43 Å². The van der Waals surface area contributed by atoms with Crippen LogP contribution in [0.2, 0.25) is 0 Å². The summed E-state index contributed by atoms with van der Waals surface area (Å²) in [7, 11) is 1.77. The van der Waals surface area contributed by atoms with E-state index in [0.29, 0.717) is 12.2 Å². The maximum absolute atomic E-state index is 13.0. The summed E-state index contributed by atoms with van der Waals surface area (Å²) in [6, 6.07) is 3.20. The third kappa shape index (κ3) is 3.15. The summed E-state index contributed by atoms with van der Waals surface area (Å²) in [5.74, 6) is -0.0789. The van der Waals surface area contributed by atoms with E-state index in [0.717, 1.165) is 23.2 Å². The SMILES string of the molecule is Cn1nccc1CNC(=O)Cn1nc(C2CC2)cc1C(F)F. The van der Waals surface area contributed by atoms with Crippen LogP contribution in [0, 0.1) is 0 Å². The van der Waals surface area contributed by atoms with Crippen LogP contribution < -0.4 is 5.32 Å². The molecule has 2 aromatic rings. The van der Waals surface area contributed by atoms with Crippen molar-refractivity contribution in [2.75, 3.05) is 0 Å². The van der Waals surface area contributed by atoms with E-state index in [1.165, 1.54) is 6.07 Å². The van der Waals surface area contributed by atoms with Crippen LogP contribution >= 0.6 is 0 Å². The zero-order chi connectivity index (χ0) is 15.7. The Morgan fingerprint density at radius 3 is 2.86 bits per heavy atom. The number of alkyl halides is 2. The first kappa shape index (κ1) is 14.7. The molecule has 22 heavy (non-hydrogen) atoms. The highest BCUT2D eigenvalue weighted by molar-refractivity contribution is 5.75. The molecule has 0 bridgehead atoms. The summed E-state index contributed by atoms with van der Waals surface area (Å²) < 4.78 is 28.8. The molecule has 6 nitrogen and oxygen atoms in total. The van der Waals surface area contributed by atoms with Crippen molar-refractivity contribution in [2.24, 2.45) is 7.05 Å². The van der Waals surface area contributed by atoms with Gasteiger partial charge in [0, 0.05) is 19.2 Å². The minimum Gasteiger partial charge on any atom is -0.349 e. The monoisotopic (exact) mass is 309 g/mol. The first-order chi connectivity index (χ1) is 10.5. The van der Waals surface area contributed by atoms with E-state index in [9.17, 15) is 13.6 Å². The fraction of sp³-hybridized carbons (Fsp3) is 0.500. The third-order valence-corrected chi connectivity index (χ3v) is 3.73. The number of hydrogen-bond acceptors (Lipinski definition) is 3. The summed E-state index contributed by atoms with van der Waals surface area (Å²) in [5, 5.41) is 10.8. The van der Waals surface area contributed by atoms with Crippen LogP contribution in [0.1, 0.15) is 42.3 Å². The topological polar surface area (TPSA) is 64.7 Å². The highest BCUT2D eigenvalue weighted by Crippen LogP contribution is 2.40. The predicted octanol–water partition coefficient (Wildman–Crippen LogP) is 1.75. The van der Waals surface area contributed by atoms with Gasteiger partial charge < -0.3 is 5.32 Å². The molecule has 1 amide bonds. The van der Waals surface area contributed by atoms with Crippen LogP contribution in [0.4, 0.5) is 8.78 Å². The van der Waals surface area contributed by atoms with Gasteiger partial charge >= 0.3 is 0 Å². The van der Waals surface area contributed by atoms with Gasteiger partial charge in [-0.15, -0.1) is 0 Å². The van der Waals surface area contributed by atoms with Gasteiger partial charge in [0.15, 0.2) is 0 Å². The second kappa shape index (κ2) is 5.86. The van der Waals surface area contributed by atoms with Crippen LogP contribution in [0.25, 0.3) is 0 Å². The Morgan fingerprint density at radius 2 is 2.27 bits per heavy atom. The first-order valence-corrected chi connectivity index (χ1v) is 7.14. The largest absolute Gasteiger partial charge is 0.349 e. The van der Waals surface area contributed by atoms with Crippen LogP contribution in [0.5, 0.6) is 0 Å². The number of carbonyl (C=O) groups excluding carboxylic acids is 1. The van der Waals surface area contributed by atoms with Crippen molar-refractivity contribution >= 4 is 5.91 Å². The molecule has 8 heteroatoms. The van der Waals surface area contributed by atoms with Gasteiger partial charge in [0.05, 0.1) is 17.9 Å². The normalized spacial score (nSPS) is 14.5. The molecular formula is C14H17F2N5O. The molecular weight excluding hydrogens is 292 g/mol. The van der Waals surface area contributed by atoms with Gasteiger partial charge in [0.25, 0.3) is 6.43 Å². The quantitative estimate of drug-likeness (QED) is 0.884. The average Bonchev–Trinajstić information content (AvgIpc) is 3.11. The summed E-state index contributed by atoms with van der Waals surface area (Å²) in [5.41, 5.74) is 1.30. The first-order valence-electron chi connectivity index (χ1n) is 7.14. The van der Waals surface area contributed by atoms with Crippen LogP contribution in [0.15, 0.2) is 18.3 Å². The lowest BCUT2D eigenvalue weighted by Crippen LogP contribution is -2.29. The molecule has 2 heterocycles. The van der Waals surface area contributed by atoms with E-state index in [-0.39, 0.29) is 24.1 Å². The van der Waals surface area contributed by atoms with Crippen molar-refractivity contribution in [3.8, 4) is 0 Å². The summed E-state index contributed by atoms with van der Waals surface area (Å²) in [6.45, 7) is 0.0976. The number of hydrogen-bond donors (Lipinski definition) is 1. The van der Waals surface area contributed by atoms with E-state index in [2.05, 4.69) is 15.5 Å². The van der Waals surface area contributed by atoms with E-state index >= 15 is 0 Å². The number of carbonyl (C=O) groups is 1. The maximum atomic E-state index is 13.0. The van der Waals surface area contributed by atoms with Crippen molar-refractivity contribution in [2.45, 2.75) is 38.3 Å². The molecule has 1 saturated carbocycles. The summed E-state index contributed by atoms with van der Waals surface area (Å²) in [4.78, 5) is 11.9. The summed E-state index contributed by atoms with van der Waals surface area (Å²) >= 11 is 0. The highest BCUT2D eigenvalue weighted by Gasteiger charge is 2.29. The van der Waals surface area contributed by atoms with Gasteiger partial charge in [-0.1, -0.05) is 0 Å². The second-order valence-corrected chi connectivity index (χ2v) is 5.45. The van der Waals surface area contributed by atoms with Gasteiger partial charge in [0.1, 0.15) is 12.2 Å². The Labute approximate surface area is 126 Å². The zero-order valence-corrected chi connectivity index (χ0v) is 12.2. The van der Waals surface area contributed by atoms with Crippen molar-refractivity contribution in [3.63, 3.8) is 0 Å². The Morgan fingerprint density at radius 1 is 1.50 bits per heavy atom. The van der Waals surface area contributed by atoms with Crippen LogP contribution in [-0.4, -0.2) is 25.5 Å². The molecule has 118 valence electrons.